The number of carboxylic acid groups (broad SMARTS) is 1. The predicted octanol–water partition coefficient (Wildman–Crippen LogP) is 2.07. The van der Waals surface area contributed by atoms with Gasteiger partial charge in [-0.1, -0.05) is 23.4 Å². The first-order valence-electron chi connectivity index (χ1n) is 4.15. The molecule has 6 heteroatoms. The first-order chi connectivity index (χ1) is 7.50. The van der Waals surface area contributed by atoms with Gasteiger partial charge in [-0.3, -0.25) is 14.9 Å². The van der Waals surface area contributed by atoms with Crippen molar-refractivity contribution in [2.45, 2.75) is 6.42 Å². The van der Waals surface area contributed by atoms with Crippen LogP contribution in [-0.2, 0) is 4.79 Å². The van der Waals surface area contributed by atoms with Crippen molar-refractivity contribution in [2.24, 2.45) is 0 Å². The fraction of sp³-hybridized carbons (Fsp3) is 0.100. The summed E-state index contributed by atoms with van der Waals surface area (Å²) in [4.78, 5) is 20.1. The second-order valence-corrected chi connectivity index (χ2v) is 3.20. The molecule has 0 aromatic heterocycles. The number of benzene rings is 1. The Morgan fingerprint density at radius 1 is 1.56 bits per heavy atom. The molecule has 1 rings (SSSR count). The normalized spacial score (nSPS) is 9.06. The van der Waals surface area contributed by atoms with Crippen molar-refractivity contribution in [3.8, 4) is 11.8 Å². The summed E-state index contributed by atoms with van der Waals surface area (Å²) in [7, 11) is 0. The van der Waals surface area contributed by atoms with Crippen molar-refractivity contribution >= 4 is 23.3 Å². The van der Waals surface area contributed by atoms with Crippen molar-refractivity contribution in [3.05, 3.63) is 38.9 Å². The van der Waals surface area contributed by atoms with Crippen LogP contribution in [-0.4, -0.2) is 16.0 Å². The van der Waals surface area contributed by atoms with Crippen LogP contribution in [0.1, 0.15) is 12.0 Å². The van der Waals surface area contributed by atoms with Gasteiger partial charge in [0.1, 0.15) is 6.42 Å². The van der Waals surface area contributed by atoms with Gasteiger partial charge in [-0.15, -0.1) is 0 Å². The Kier molecular flexibility index (Phi) is 3.86. The lowest BCUT2D eigenvalue weighted by Crippen LogP contribution is -1.91. The average Bonchev–Trinajstić information content (AvgIpc) is 2.20. The Hall–Kier alpha value is -2.06. The zero-order valence-electron chi connectivity index (χ0n) is 7.94. The SMILES string of the molecule is O=C(O)CC#Cc1cc([N+](=O)[O-])ccc1Cl. The molecule has 1 N–H and O–H groups in total. The second kappa shape index (κ2) is 5.14. The molecule has 1 aromatic carbocycles. The maximum Gasteiger partial charge on any atom is 0.315 e. The molecule has 5 nitrogen and oxygen atoms in total. The van der Waals surface area contributed by atoms with E-state index >= 15 is 0 Å². The molecule has 0 aliphatic rings. The minimum Gasteiger partial charge on any atom is -0.481 e. The highest BCUT2D eigenvalue weighted by Gasteiger charge is 2.07. The molecule has 0 spiro atoms. The number of carboxylic acids is 1. The molecule has 0 radical (unpaired) electrons. The maximum atomic E-state index is 10.5. The summed E-state index contributed by atoms with van der Waals surface area (Å²) in [5.41, 5.74) is 0.112. The van der Waals surface area contributed by atoms with Gasteiger partial charge in [-0.05, 0) is 6.07 Å². The molecular formula is C10H6ClNO4. The van der Waals surface area contributed by atoms with Crippen molar-refractivity contribution in [2.75, 3.05) is 0 Å². The molecule has 0 aliphatic heterocycles. The smallest absolute Gasteiger partial charge is 0.315 e. The van der Waals surface area contributed by atoms with E-state index in [1.165, 1.54) is 18.2 Å². The molecule has 1 aromatic rings. The summed E-state index contributed by atoms with van der Waals surface area (Å²) in [5, 5.41) is 19.1. The van der Waals surface area contributed by atoms with Crippen LogP contribution in [0.25, 0.3) is 0 Å². The highest BCUT2D eigenvalue weighted by atomic mass is 35.5. The highest BCUT2D eigenvalue weighted by Crippen LogP contribution is 2.20. The molecule has 16 heavy (non-hydrogen) atoms. The molecule has 0 heterocycles. The van der Waals surface area contributed by atoms with E-state index in [9.17, 15) is 14.9 Å². The molecular weight excluding hydrogens is 234 g/mol. The van der Waals surface area contributed by atoms with E-state index in [0.29, 0.717) is 0 Å². The zero-order chi connectivity index (χ0) is 12.1. The molecule has 0 amide bonds. The van der Waals surface area contributed by atoms with Gasteiger partial charge in [0.25, 0.3) is 5.69 Å². The van der Waals surface area contributed by atoms with Crippen LogP contribution in [0.15, 0.2) is 18.2 Å². The lowest BCUT2D eigenvalue weighted by molar-refractivity contribution is -0.384. The number of rotatable bonds is 2. The van der Waals surface area contributed by atoms with E-state index in [1.54, 1.807) is 0 Å². The van der Waals surface area contributed by atoms with E-state index in [-0.39, 0.29) is 22.7 Å². The minimum atomic E-state index is -1.06. The fourth-order valence-electron chi connectivity index (χ4n) is 0.938. The number of nitro benzene ring substituents is 1. The lowest BCUT2D eigenvalue weighted by Gasteiger charge is -1.95. The third kappa shape index (κ3) is 3.26. The van der Waals surface area contributed by atoms with Crippen molar-refractivity contribution in [3.63, 3.8) is 0 Å². The number of carbonyl (C=O) groups is 1. The van der Waals surface area contributed by atoms with Crippen molar-refractivity contribution < 1.29 is 14.8 Å². The molecule has 0 aliphatic carbocycles. The number of non-ortho nitro benzene ring substituents is 1. The largest absolute Gasteiger partial charge is 0.481 e. The van der Waals surface area contributed by atoms with Crippen LogP contribution in [0.4, 0.5) is 5.69 Å². The molecule has 0 saturated heterocycles. The topological polar surface area (TPSA) is 80.4 Å². The van der Waals surface area contributed by atoms with Gasteiger partial charge in [0.2, 0.25) is 0 Å². The Bertz CT molecular complexity index is 501. The second-order valence-electron chi connectivity index (χ2n) is 2.79. The summed E-state index contributed by atoms with van der Waals surface area (Å²) < 4.78 is 0. The number of halogens is 1. The molecule has 82 valence electrons. The quantitative estimate of drug-likeness (QED) is 0.487. The zero-order valence-corrected chi connectivity index (χ0v) is 8.69. The van der Waals surface area contributed by atoms with Crippen LogP contribution in [0, 0.1) is 22.0 Å². The van der Waals surface area contributed by atoms with Crippen LogP contribution in [0.3, 0.4) is 0 Å². The summed E-state index contributed by atoms with van der Waals surface area (Å²) in [6.45, 7) is 0. The summed E-state index contributed by atoms with van der Waals surface area (Å²) in [5.74, 6) is 3.76. The summed E-state index contributed by atoms with van der Waals surface area (Å²) >= 11 is 5.74. The monoisotopic (exact) mass is 239 g/mol. The third-order valence-electron chi connectivity index (χ3n) is 1.62. The number of hydrogen-bond donors (Lipinski definition) is 1. The fourth-order valence-corrected chi connectivity index (χ4v) is 1.10. The van der Waals surface area contributed by atoms with Gasteiger partial charge in [-0.2, -0.15) is 0 Å². The Morgan fingerprint density at radius 3 is 2.81 bits per heavy atom. The maximum absolute atomic E-state index is 10.5. The number of aliphatic carboxylic acids is 1. The van der Waals surface area contributed by atoms with E-state index in [0.717, 1.165) is 0 Å². The van der Waals surface area contributed by atoms with E-state index in [4.69, 9.17) is 16.7 Å². The van der Waals surface area contributed by atoms with Crippen LogP contribution < -0.4 is 0 Å². The lowest BCUT2D eigenvalue weighted by atomic mass is 10.2. The van der Waals surface area contributed by atoms with E-state index in [1.807, 2.05) is 0 Å². The molecule has 0 atom stereocenters. The van der Waals surface area contributed by atoms with Gasteiger partial charge in [0.05, 0.1) is 9.95 Å². The van der Waals surface area contributed by atoms with Gasteiger partial charge in [0.15, 0.2) is 0 Å². The predicted molar refractivity (Wildman–Crippen MR) is 57.2 cm³/mol. The van der Waals surface area contributed by atoms with Crippen molar-refractivity contribution in [1.82, 2.24) is 0 Å². The number of nitro groups is 1. The molecule has 0 fully saturated rings. The van der Waals surface area contributed by atoms with E-state index in [2.05, 4.69) is 11.8 Å². The van der Waals surface area contributed by atoms with Crippen molar-refractivity contribution in [1.29, 1.82) is 0 Å². The number of hydrogen-bond acceptors (Lipinski definition) is 3. The van der Waals surface area contributed by atoms with Gasteiger partial charge in [-0.25, -0.2) is 0 Å². The summed E-state index contributed by atoms with van der Waals surface area (Å²) in [6, 6.07) is 3.81. The van der Waals surface area contributed by atoms with Crippen LogP contribution >= 0.6 is 11.6 Å². The van der Waals surface area contributed by atoms with Gasteiger partial charge in [0, 0.05) is 17.7 Å². The first-order valence-corrected chi connectivity index (χ1v) is 4.53. The average molecular weight is 240 g/mol. The molecule has 0 bridgehead atoms. The number of nitrogens with zero attached hydrogens (tertiary/aromatic N) is 1. The molecule has 0 unspecified atom stereocenters. The minimum absolute atomic E-state index is 0.135. The van der Waals surface area contributed by atoms with Crippen LogP contribution in [0.2, 0.25) is 5.02 Å². The molecule has 0 saturated carbocycles. The standard InChI is InChI=1S/C10H6ClNO4/c11-9-5-4-8(12(15)16)6-7(9)2-1-3-10(13)14/h4-6H,3H2,(H,13,14). The Morgan fingerprint density at radius 2 is 2.25 bits per heavy atom. The highest BCUT2D eigenvalue weighted by molar-refractivity contribution is 6.31. The van der Waals surface area contributed by atoms with E-state index < -0.39 is 10.9 Å². The summed E-state index contributed by atoms with van der Waals surface area (Å²) in [6.07, 6.45) is -0.334. The van der Waals surface area contributed by atoms with Gasteiger partial charge >= 0.3 is 5.97 Å². The Labute approximate surface area is 95.8 Å². The Balaban J connectivity index is 3.01. The third-order valence-corrected chi connectivity index (χ3v) is 1.95. The first kappa shape index (κ1) is 12.0. The van der Waals surface area contributed by atoms with Crippen LogP contribution in [0.5, 0.6) is 0 Å². The van der Waals surface area contributed by atoms with Gasteiger partial charge < -0.3 is 5.11 Å².